The number of carbonyl (C=O) groups excluding carboxylic acids is 2. The van der Waals surface area contributed by atoms with Gasteiger partial charge >= 0.3 is 5.97 Å². The van der Waals surface area contributed by atoms with Crippen LogP contribution in [0.4, 0.5) is 5.69 Å². The summed E-state index contributed by atoms with van der Waals surface area (Å²) in [5, 5.41) is 0. The van der Waals surface area contributed by atoms with Gasteiger partial charge < -0.3 is 14.4 Å². The van der Waals surface area contributed by atoms with Crippen LogP contribution in [0.1, 0.15) is 12.8 Å². The Bertz CT molecular complexity index is 1070. The molecule has 0 aromatic heterocycles. The van der Waals surface area contributed by atoms with Gasteiger partial charge in [-0.2, -0.15) is 4.31 Å². The van der Waals surface area contributed by atoms with E-state index in [1.165, 1.54) is 16.3 Å². The van der Waals surface area contributed by atoms with E-state index in [0.29, 0.717) is 30.8 Å². The molecule has 9 heteroatoms. The maximum atomic E-state index is 13.5. The second-order valence-corrected chi connectivity index (χ2v) is 9.50. The van der Waals surface area contributed by atoms with Crippen molar-refractivity contribution >= 4 is 27.6 Å². The van der Waals surface area contributed by atoms with Crippen LogP contribution in [0.2, 0.25) is 0 Å². The predicted octanol–water partition coefficient (Wildman–Crippen LogP) is 2.05. The van der Waals surface area contributed by atoms with Gasteiger partial charge in [0, 0.05) is 13.1 Å². The van der Waals surface area contributed by atoms with Gasteiger partial charge in [-0.1, -0.05) is 30.3 Å². The van der Waals surface area contributed by atoms with Crippen LogP contribution in [0, 0.1) is 5.92 Å². The molecular weight excluding hydrogens is 420 g/mol. The van der Waals surface area contributed by atoms with E-state index in [1.54, 1.807) is 54.6 Å². The summed E-state index contributed by atoms with van der Waals surface area (Å²) in [4.78, 5) is 27.3. The fourth-order valence-electron chi connectivity index (χ4n) is 4.02. The molecule has 31 heavy (non-hydrogen) atoms. The zero-order chi connectivity index (χ0) is 22.0. The number of esters is 1. The third kappa shape index (κ3) is 4.15. The number of para-hydroxylation sites is 2. The lowest BCUT2D eigenvalue weighted by molar-refractivity contribution is -0.148. The van der Waals surface area contributed by atoms with Crippen molar-refractivity contribution in [2.75, 3.05) is 31.6 Å². The highest BCUT2D eigenvalue weighted by atomic mass is 32.2. The van der Waals surface area contributed by atoms with Crippen LogP contribution in [-0.2, 0) is 24.3 Å². The molecule has 1 fully saturated rings. The van der Waals surface area contributed by atoms with Crippen molar-refractivity contribution in [1.29, 1.82) is 0 Å². The molecule has 1 amide bonds. The molecule has 0 saturated carbocycles. The zero-order valence-electron chi connectivity index (χ0n) is 17.1. The molecule has 2 aromatic rings. The minimum absolute atomic E-state index is 0.0183. The van der Waals surface area contributed by atoms with Gasteiger partial charge in [0.2, 0.25) is 22.0 Å². The summed E-state index contributed by atoms with van der Waals surface area (Å²) >= 11 is 0. The van der Waals surface area contributed by atoms with Crippen LogP contribution in [0.5, 0.6) is 5.75 Å². The number of piperidine rings is 1. The van der Waals surface area contributed by atoms with E-state index >= 15 is 0 Å². The van der Waals surface area contributed by atoms with E-state index in [4.69, 9.17) is 9.47 Å². The van der Waals surface area contributed by atoms with Crippen molar-refractivity contribution in [3.8, 4) is 5.75 Å². The molecule has 0 N–H and O–H groups in total. The number of rotatable bonds is 4. The molecule has 2 aliphatic rings. The lowest BCUT2D eigenvalue weighted by Crippen LogP contribution is -2.52. The first kappa shape index (κ1) is 21.3. The van der Waals surface area contributed by atoms with Gasteiger partial charge in [0.05, 0.1) is 30.2 Å². The van der Waals surface area contributed by atoms with E-state index in [-0.39, 0.29) is 23.9 Å². The number of anilines is 1. The molecule has 1 saturated heterocycles. The minimum atomic E-state index is -3.68. The summed E-state index contributed by atoms with van der Waals surface area (Å²) in [6, 6.07) is 15.2. The minimum Gasteiger partial charge on any atom is -0.475 e. The quantitative estimate of drug-likeness (QED) is 0.670. The summed E-state index contributed by atoms with van der Waals surface area (Å²) in [6.45, 7) is 0.481. The second-order valence-electron chi connectivity index (χ2n) is 7.56. The van der Waals surface area contributed by atoms with Crippen LogP contribution >= 0.6 is 0 Å². The average Bonchev–Trinajstić information content (AvgIpc) is 2.83. The van der Waals surface area contributed by atoms with Gasteiger partial charge in [-0.05, 0) is 37.1 Å². The Morgan fingerprint density at radius 1 is 1.03 bits per heavy atom. The Morgan fingerprint density at radius 3 is 2.48 bits per heavy atom. The van der Waals surface area contributed by atoms with E-state index in [1.807, 2.05) is 0 Å². The average molecular weight is 445 g/mol. The van der Waals surface area contributed by atoms with E-state index in [0.717, 1.165) is 0 Å². The number of amides is 1. The molecule has 0 aliphatic carbocycles. The number of methoxy groups -OCH3 is 1. The lowest BCUT2D eigenvalue weighted by atomic mass is 9.97. The van der Waals surface area contributed by atoms with Crippen molar-refractivity contribution < 1.29 is 27.5 Å². The molecule has 0 bridgehead atoms. The SMILES string of the molecule is COC(=O)[C@H]1CN(C(=O)[C@H]2CCCN(S(=O)(=O)c3ccccc3)C2)c2ccccc2O1. The van der Waals surface area contributed by atoms with Gasteiger partial charge in [-0.15, -0.1) is 0 Å². The Balaban J connectivity index is 1.58. The number of fused-ring (bicyclic) bond motifs is 1. The largest absolute Gasteiger partial charge is 0.475 e. The fourth-order valence-corrected chi connectivity index (χ4v) is 5.57. The van der Waals surface area contributed by atoms with E-state index < -0.39 is 28.0 Å². The number of sulfonamides is 1. The number of ether oxygens (including phenoxy) is 2. The molecule has 2 heterocycles. The highest BCUT2D eigenvalue weighted by Gasteiger charge is 2.40. The number of benzene rings is 2. The number of nitrogens with zero attached hydrogens (tertiary/aromatic N) is 2. The normalized spacial score (nSPS) is 21.6. The van der Waals surface area contributed by atoms with E-state index in [2.05, 4.69) is 0 Å². The summed E-state index contributed by atoms with van der Waals surface area (Å²) < 4.78 is 37.9. The monoisotopic (exact) mass is 444 g/mol. The molecule has 0 radical (unpaired) electrons. The maximum absolute atomic E-state index is 13.5. The first-order valence-corrected chi connectivity index (χ1v) is 11.6. The van der Waals surface area contributed by atoms with Gasteiger partial charge in [0.25, 0.3) is 0 Å². The van der Waals surface area contributed by atoms with Crippen LogP contribution in [0.15, 0.2) is 59.5 Å². The Hall–Kier alpha value is -2.91. The zero-order valence-corrected chi connectivity index (χ0v) is 18.0. The molecule has 8 nitrogen and oxygen atoms in total. The standard InChI is InChI=1S/C22H24N2O6S/c1-29-22(26)20-15-24(18-11-5-6-12-19(18)30-20)21(25)16-8-7-13-23(14-16)31(27,28)17-9-3-2-4-10-17/h2-6,9-12,16,20H,7-8,13-15H2,1H3/t16-,20+/m0/s1. The molecule has 0 spiro atoms. The Labute approximate surface area is 181 Å². The number of hydrogen-bond acceptors (Lipinski definition) is 6. The van der Waals surface area contributed by atoms with Crippen molar-refractivity contribution in [1.82, 2.24) is 4.31 Å². The number of carbonyl (C=O) groups is 2. The predicted molar refractivity (Wildman–Crippen MR) is 113 cm³/mol. The van der Waals surface area contributed by atoms with Crippen molar-refractivity contribution in [3.05, 3.63) is 54.6 Å². The van der Waals surface area contributed by atoms with Crippen LogP contribution < -0.4 is 9.64 Å². The first-order chi connectivity index (χ1) is 14.9. The maximum Gasteiger partial charge on any atom is 0.348 e. The van der Waals surface area contributed by atoms with Crippen molar-refractivity contribution in [2.24, 2.45) is 5.92 Å². The van der Waals surface area contributed by atoms with Gasteiger partial charge in [0.1, 0.15) is 5.75 Å². The fraction of sp³-hybridized carbons (Fsp3) is 0.364. The molecule has 2 atom stereocenters. The third-order valence-corrected chi connectivity index (χ3v) is 7.50. The third-order valence-electron chi connectivity index (χ3n) is 5.62. The van der Waals surface area contributed by atoms with Gasteiger partial charge in [-0.25, -0.2) is 13.2 Å². The topological polar surface area (TPSA) is 93.2 Å². The van der Waals surface area contributed by atoms with Gasteiger partial charge in [0.15, 0.2) is 0 Å². The molecule has 0 unspecified atom stereocenters. The van der Waals surface area contributed by atoms with Crippen molar-refractivity contribution in [3.63, 3.8) is 0 Å². The van der Waals surface area contributed by atoms with Crippen molar-refractivity contribution in [2.45, 2.75) is 23.8 Å². The second kappa shape index (κ2) is 8.68. The molecule has 4 rings (SSSR count). The Morgan fingerprint density at radius 2 is 1.74 bits per heavy atom. The van der Waals surface area contributed by atoms with Crippen LogP contribution in [0.25, 0.3) is 0 Å². The highest BCUT2D eigenvalue weighted by molar-refractivity contribution is 7.89. The summed E-state index contributed by atoms with van der Waals surface area (Å²) in [6.07, 6.45) is 0.216. The smallest absolute Gasteiger partial charge is 0.348 e. The molecule has 164 valence electrons. The van der Waals surface area contributed by atoms with Crippen LogP contribution in [0.3, 0.4) is 0 Å². The molecule has 2 aromatic carbocycles. The van der Waals surface area contributed by atoms with Crippen LogP contribution in [-0.4, -0.2) is 57.4 Å². The Kier molecular flexibility index (Phi) is 5.97. The summed E-state index contributed by atoms with van der Waals surface area (Å²) in [5.74, 6) is -0.888. The molecule has 2 aliphatic heterocycles. The molecular formula is C22H24N2O6S. The highest BCUT2D eigenvalue weighted by Crippen LogP contribution is 2.35. The summed E-state index contributed by atoms with van der Waals surface area (Å²) in [7, 11) is -2.41. The number of hydrogen-bond donors (Lipinski definition) is 0. The van der Waals surface area contributed by atoms with E-state index in [9.17, 15) is 18.0 Å². The lowest BCUT2D eigenvalue weighted by Gasteiger charge is -2.38. The first-order valence-electron chi connectivity index (χ1n) is 10.1. The van der Waals surface area contributed by atoms with Gasteiger partial charge in [-0.3, -0.25) is 4.79 Å². The summed E-state index contributed by atoms with van der Waals surface area (Å²) in [5.41, 5.74) is 0.565.